The quantitative estimate of drug-likeness (QED) is 0.546. The monoisotopic (exact) mass is 202 g/mol. The fourth-order valence-corrected chi connectivity index (χ4v) is 2.36. The number of rotatable bonds is 0. The Morgan fingerprint density at radius 3 is 3.00 bits per heavy atom. The van der Waals surface area contributed by atoms with Crippen molar-refractivity contribution in [1.82, 2.24) is 9.38 Å². The predicted molar refractivity (Wildman–Crippen MR) is 57.6 cm³/mol. The van der Waals surface area contributed by atoms with Crippen LogP contribution in [0.25, 0.3) is 22.6 Å². The van der Waals surface area contributed by atoms with E-state index in [0.717, 1.165) is 16.0 Å². The minimum absolute atomic E-state index is 0.0568. The molecule has 0 N–H and O–H groups in total. The van der Waals surface area contributed by atoms with Crippen LogP contribution in [0.5, 0.6) is 0 Å². The van der Waals surface area contributed by atoms with Crippen LogP contribution in [0.15, 0.2) is 29.1 Å². The van der Waals surface area contributed by atoms with E-state index in [0.29, 0.717) is 4.53 Å². The van der Waals surface area contributed by atoms with Gasteiger partial charge in [0.05, 0.1) is 15.6 Å². The zero-order valence-electron chi connectivity index (χ0n) is 7.23. The second kappa shape index (κ2) is 2.42. The van der Waals surface area contributed by atoms with Crippen molar-refractivity contribution in [3.8, 4) is 0 Å². The van der Waals surface area contributed by atoms with Crippen molar-refractivity contribution >= 4 is 33.9 Å². The summed E-state index contributed by atoms with van der Waals surface area (Å²) in [6.07, 6.45) is 0. The Labute approximate surface area is 82.9 Å². The summed E-state index contributed by atoms with van der Waals surface area (Å²) in [5.74, 6) is 0. The van der Waals surface area contributed by atoms with E-state index in [1.165, 1.54) is 11.3 Å². The van der Waals surface area contributed by atoms with E-state index in [1.807, 2.05) is 24.3 Å². The first-order chi connectivity index (χ1) is 6.77. The maximum Gasteiger partial charge on any atom is 0.274 e. The number of para-hydroxylation sites is 2. The lowest BCUT2D eigenvalue weighted by Crippen LogP contribution is -2.20. The number of fused-ring (bicyclic) bond motifs is 3. The first-order valence-electron chi connectivity index (χ1n) is 4.16. The van der Waals surface area contributed by atoms with Gasteiger partial charge in [0.1, 0.15) is 0 Å². The second-order valence-electron chi connectivity index (χ2n) is 3.05. The fraction of sp³-hybridized carbons (Fsp3) is 0. The van der Waals surface area contributed by atoms with Crippen LogP contribution in [0.3, 0.4) is 0 Å². The average Bonchev–Trinajstić information content (AvgIpc) is 2.65. The van der Waals surface area contributed by atoms with Gasteiger partial charge in [-0.1, -0.05) is 30.0 Å². The number of imidazole rings is 1. The third kappa shape index (κ3) is 0.807. The number of aromatic nitrogens is 2. The molecule has 68 valence electrons. The van der Waals surface area contributed by atoms with Crippen LogP contribution in [-0.2, 0) is 0 Å². The third-order valence-corrected chi connectivity index (χ3v) is 3.06. The molecule has 0 aliphatic heterocycles. The highest BCUT2D eigenvalue weighted by atomic mass is 32.1. The number of benzene rings is 1. The molecule has 3 nitrogen and oxygen atoms in total. The molecule has 0 saturated carbocycles. The molecule has 0 atom stereocenters. The lowest BCUT2D eigenvalue weighted by molar-refractivity contribution is 1.19. The zero-order valence-corrected chi connectivity index (χ0v) is 8.04. The van der Waals surface area contributed by atoms with Gasteiger partial charge in [-0.25, -0.2) is 9.38 Å². The van der Waals surface area contributed by atoms with Gasteiger partial charge in [0.2, 0.25) is 0 Å². The molecule has 14 heavy (non-hydrogen) atoms. The van der Waals surface area contributed by atoms with Crippen LogP contribution in [0, 0.1) is 0 Å². The lowest BCUT2D eigenvalue weighted by atomic mass is 10.3. The SMILES string of the molecule is C=c1sc2nc3ccccc3n2c1=O. The van der Waals surface area contributed by atoms with Crippen molar-refractivity contribution < 1.29 is 0 Å². The van der Waals surface area contributed by atoms with Crippen LogP contribution in [-0.4, -0.2) is 9.38 Å². The molecular formula is C10H6N2OS. The Morgan fingerprint density at radius 2 is 2.14 bits per heavy atom. The van der Waals surface area contributed by atoms with E-state index in [4.69, 9.17) is 0 Å². The van der Waals surface area contributed by atoms with Crippen LogP contribution >= 0.6 is 11.3 Å². The molecule has 0 saturated heterocycles. The summed E-state index contributed by atoms with van der Waals surface area (Å²) in [7, 11) is 0. The summed E-state index contributed by atoms with van der Waals surface area (Å²) in [6.45, 7) is 3.68. The van der Waals surface area contributed by atoms with Crippen molar-refractivity contribution in [1.29, 1.82) is 0 Å². The van der Waals surface area contributed by atoms with Crippen molar-refractivity contribution in [2.45, 2.75) is 0 Å². The minimum Gasteiger partial charge on any atom is -0.267 e. The molecule has 0 aliphatic carbocycles. The molecule has 1 aromatic carbocycles. The van der Waals surface area contributed by atoms with E-state index >= 15 is 0 Å². The molecular weight excluding hydrogens is 196 g/mol. The van der Waals surface area contributed by atoms with E-state index in [1.54, 1.807) is 4.40 Å². The number of nitrogens with zero attached hydrogens (tertiary/aromatic N) is 2. The first-order valence-corrected chi connectivity index (χ1v) is 4.98. The van der Waals surface area contributed by atoms with E-state index in [-0.39, 0.29) is 5.56 Å². The molecule has 0 radical (unpaired) electrons. The zero-order chi connectivity index (χ0) is 9.71. The summed E-state index contributed by atoms with van der Waals surface area (Å²) in [5, 5.41) is 0. The van der Waals surface area contributed by atoms with Gasteiger partial charge in [0.25, 0.3) is 5.56 Å². The smallest absolute Gasteiger partial charge is 0.267 e. The molecule has 0 aliphatic rings. The Kier molecular flexibility index (Phi) is 1.33. The van der Waals surface area contributed by atoms with Crippen LogP contribution < -0.4 is 10.1 Å². The van der Waals surface area contributed by atoms with Gasteiger partial charge in [0.15, 0.2) is 4.96 Å². The highest BCUT2D eigenvalue weighted by molar-refractivity contribution is 7.15. The summed E-state index contributed by atoms with van der Waals surface area (Å²) in [4.78, 5) is 16.7. The highest BCUT2D eigenvalue weighted by Gasteiger charge is 2.08. The van der Waals surface area contributed by atoms with Gasteiger partial charge in [-0.2, -0.15) is 0 Å². The fourth-order valence-electron chi connectivity index (χ4n) is 1.55. The van der Waals surface area contributed by atoms with Crippen molar-refractivity contribution in [2.24, 2.45) is 0 Å². The van der Waals surface area contributed by atoms with Gasteiger partial charge in [-0.05, 0) is 12.1 Å². The molecule has 0 spiro atoms. The Hall–Kier alpha value is -1.68. The molecule has 2 aromatic heterocycles. The first kappa shape index (κ1) is 7.70. The third-order valence-electron chi connectivity index (χ3n) is 2.19. The lowest BCUT2D eigenvalue weighted by Gasteiger charge is -1.85. The Bertz CT molecular complexity index is 726. The molecule has 3 rings (SSSR count). The van der Waals surface area contributed by atoms with Gasteiger partial charge in [-0.3, -0.25) is 4.79 Å². The topological polar surface area (TPSA) is 34.4 Å². The van der Waals surface area contributed by atoms with Gasteiger partial charge in [0, 0.05) is 0 Å². The molecule has 3 aromatic rings. The van der Waals surface area contributed by atoms with Crippen molar-refractivity contribution in [3.05, 3.63) is 39.2 Å². The molecule has 2 heterocycles. The Balaban J connectivity index is 2.77. The standard InChI is InChI=1S/C10H6N2OS/c1-6-9(13)12-8-5-3-2-4-7(8)11-10(12)14-6/h2-5H,1H2. The molecule has 0 fully saturated rings. The largest absolute Gasteiger partial charge is 0.274 e. The summed E-state index contributed by atoms with van der Waals surface area (Å²) >= 11 is 1.33. The highest BCUT2D eigenvalue weighted by Crippen LogP contribution is 2.14. The number of thiazole rings is 1. The van der Waals surface area contributed by atoms with Crippen molar-refractivity contribution in [3.63, 3.8) is 0 Å². The Morgan fingerprint density at radius 1 is 1.36 bits per heavy atom. The second-order valence-corrected chi connectivity index (χ2v) is 4.11. The number of hydrogen-bond donors (Lipinski definition) is 0. The minimum atomic E-state index is -0.0568. The molecule has 0 unspecified atom stereocenters. The van der Waals surface area contributed by atoms with Crippen LogP contribution in [0.1, 0.15) is 0 Å². The summed E-state index contributed by atoms with van der Waals surface area (Å²) in [6, 6.07) is 7.60. The molecule has 0 amide bonds. The van der Waals surface area contributed by atoms with Gasteiger partial charge in [-0.15, -0.1) is 0 Å². The molecule has 4 heteroatoms. The molecule has 0 bridgehead atoms. The van der Waals surface area contributed by atoms with Crippen LogP contribution in [0.2, 0.25) is 0 Å². The predicted octanol–water partition coefficient (Wildman–Crippen LogP) is 1.04. The van der Waals surface area contributed by atoms with Crippen LogP contribution in [0.4, 0.5) is 0 Å². The average molecular weight is 202 g/mol. The van der Waals surface area contributed by atoms with Gasteiger partial charge < -0.3 is 0 Å². The maximum absolute atomic E-state index is 11.7. The maximum atomic E-state index is 11.7. The summed E-state index contributed by atoms with van der Waals surface area (Å²) in [5.41, 5.74) is 1.66. The normalized spacial score (nSPS) is 11.4. The van der Waals surface area contributed by atoms with E-state index in [2.05, 4.69) is 11.6 Å². The van der Waals surface area contributed by atoms with E-state index < -0.39 is 0 Å². The van der Waals surface area contributed by atoms with Gasteiger partial charge >= 0.3 is 0 Å². The van der Waals surface area contributed by atoms with Crippen molar-refractivity contribution in [2.75, 3.05) is 0 Å². The number of hydrogen-bond acceptors (Lipinski definition) is 3. The summed E-state index contributed by atoms with van der Waals surface area (Å²) < 4.78 is 2.15. The van der Waals surface area contributed by atoms with E-state index in [9.17, 15) is 4.79 Å².